The van der Waals surface area contributed by atoms with Gasteiger partial charge in [-0.3, -0.25) is 0 Å². The van der Waals surface area contributed by atoms with Crippen molar-refractivity contribution in [1.29, 1.82) is 0 Å². The lowest BCUT2D eigenvalue weighted by atomic mass is 9.91. The molecular formula is C61H37N3O2. The van der Waals surface area contributed by atoms with Crippen LogP contribution in [0.4, 0.5) is 0 Å². The number of benzene rings is 10. The van der Waals surface area contributed by atoms with Gasteiger partial charge in [-0.2, -0.15) is 0 Å². The molecule has 66 heavy (non-hydrogen) atoms. The summed E-state index contributed by atoms with van der Waals surface area (Å²) in [5.74, 6) is 1.80. The fourth-order valence-corrected chi connectivity index (χ4v) is 9.64. The first-order chi connectivity index (χ1) is 32.7. The maximum Gasteiger partial charge on any atom is 0.164 e. The van der Waals surface area contributed by atoms with Gasteiger partial charge in [0.1, 0.15) is 22.3 Å². The molecule has 3 heterocycles. The summed E-state index contributed by atoms with van der Waals surface area (Å²) in [6, 6.07) is 78.2. The molecule has 5 nitrogen and oxygen atoms in total. The molecule has 13 rings (SSSR count). The van der Waals surface area contributed by atoms with Gasteiger partial charge in [0.25, 0.3) is 0 Å². The van der Waals surface area contributed by atoms with Crippen molar-refractivity contribution in [3.8, 4) is 78.7 Å². The van der Waals surface area contributed by atoms with Gasteiger partial charge in [0.15, 0.2) is 17.5 Å². The largest absolute Gasteiger partial charge is 0.456 e. The molecule has 0 aliphatic rings. The van der Waals surface area contributed by atoms with E-state index in [9.17, 15) is 0 Å². The second-order valence-electron chi connectivity index (χ2n) is 16.7. The van der Waals surface area contributed by atoms with Crippen molar-refractivity contribution in [1.82, 2.24) is 15.0 Å². The Morgan fingerprint density at radius 1 is 0.227 bits per heavy atom. The normalized spacial score (nSPS) is 11.6. The van der Waals surface area contributed by atoms with E-state index in [4.69, 9.17) is 23.8 Å². The fourth-order valence-electron chi connectivity index (χ4n) is 9.64. The van der Waals surface area contributed by atoms with Crippen molar-refractivity contribution in [2.45, 2.75) is 0 Å². The first-order valence-corrected chi connectivity index (χ1v) is 22.2. The number of furan rings is 2. The monoisotopic (exact) mass is 843 g/mol. The maximum absolute atomic E-state index is 6.56. The lowest BCUT2D eigenvalue weighted by molar-refractivity contribution is 0.668. The molecule has 0 spiro atoms. The molecule has 308 valence electrons. The Bertz CT molecular complexity index is 3980. The van der Waals surface area contributed by atoms with Crippen molar-refractivity contribution in [2.24, 2.45) is 0 Å². The van der Waals surface area contributed by atoms with Crippen molar-refractivity contribution in [3.05, 3.63) is 224 Å². The summed E-state index contributed by atoms with van der Waals surface area (Å²) >= 11 is 0. The van der Waals surface area contributed by atoms with Crippen LogP contribution >= 0.6 is 0 Å². The number of fused-ring (bicyclic) bond motifs is 7. The van der Waals surface area contributed by atoms with E-state index < -0.39 is 0 Å². The number of rotatable bonds is 7. The van der Waals surface area contributed by atoms with Crippen LogP contribution in [0.5, 0.6) is 0 Å². The third kappa shape index (κ3) is 6.36. The van der Waals surface area contributed by atoms with E-state index in [2.05, 4.69) is 158 Å². The lowest BCUT2D eigenvalue weighted by Crippen LogP contribution is -2.01. The fraction of sp³-hybridized carbons (Fsp3) is 0. The van der Waals surface area contributed by atoms with Crippen LogP contribution in [-0.2, 0) is 0 Å². The molecule has 0 N–H and O–H groups in total. The Labute approximate surface area is 379 Å². The molecule has 5 heteroatoms. The summed E-state index contributed by atoms with van der Waals surface area (Å²) in [6.07, 6.45) is 0. The number of nitrogens with zero attached hydrogens (tertiary/aromatic N) is 3. The summed E-state index contributed by atoms with van der Waals surface area (Å²) in [6.45, 7) is 0. The Hall–Kier alpha value is -8.93. The molecule has 0 saturated heterocycles. The van der Waals surface area contributed by atoms with Crippen LogP contribution in [0.2, 0.25) is 0 Å². The van der Waals surface area contributed by atoms with Crippen LogP contribution in [0.3, 0.4) is 0 Å². The van der Waals surface area contributed by atoms with E-state index in [0.717, 1.165) is 105 Å². The minimum absolute atomic E-state index is 0.590. The van der Waals surface area contributed by atoms with Gasteiger partial charge in [0, 0.05) is 38.2 Å². The average molecular weight is 844 g/mol. The molecule has 0 radical (unpaired) electrons. The standard InChI is InChI=1S/C61H37N3O2/c1-3-15-38(16-4-1)42-19-11-20-43(35-42)44-36-52(58-50-22-8-10-29-54(50)66-56(58)37-44)40-33-31-39(32-34-40)45-23-12-25-47-46(45)24-13-26-48(47)60-62-59(41-17-5-2-6-18-41)63-61(64-60)51-27-14-30-55-57(51)49-21-7-9-28-53(49)65-55/h1-37H. The van der Waals surface area contributed by atoms with E-state index in [1.54, 1.807) is 0 Å². The molecule has 0 aliphatic carbocycles. The highest BCUT2D eigenvalue weighted by molar-refractivity contribution is 6.14. The molecule has 0 atom stereocenters. The van der Waals surface area contributed by atoms with Gasteiger partial charge in [-0.1, -0.05) is 188 Å². The van der Waals surface area contributed by atoms with Crippen LogP contribution < -0.4 is 0 Å². The van der Waals surface area contributed by atoms with Crippen molar-refractivity contribution in [2.75, 3.05) is 0 Å². The summed E-state index contributed by atoms with van der Waals surface area (Å²) < 4.78 is 12.8. The molecule has 0 saturated carbocycles. The number of hydrogen-bond donors (Lipinski definition) is 0. The Morgan fingerprint density at radius 2 is 0.682 bits per heavy atom. The number of aromatic nitrogens is 3. The quantitative estimate of drug-likeness (QED) is 0.160. The molecule has 0 aliphatic heterocycles. The molecule has 0 bridgehead atoms. The van der Waals surface area contributed by atoms with Crippen molar-refractivity contribution < 1.29 is 8.83 Å². The van der Waals surface area contributed by atoms with Gasteiger partial charge in [0.05, 0.1) is 0 Å². The zero-order valence-corrected chi connectivity index (χ0v) is 35.5. The van der Waals surface area contributed by atoms with Gasteiger partial charge in [-0.15, -0.1) is 0 Å². The first-order valence-electron chi connectivity index (χ1n) is 22.2. The predicted octanol–water partition coefficient (Wildman–Crippen LogP) is 16.5. The molecule has 10 aromatic carbocycles. The van der Waals surface area contributed by atoms with Gasteiger partial charge in [0.2, 0.25) is 0 Å². The molecular weight excluding hydrogens is 807 g/mol. The van der Waals surface area contributed by atoms with Crippen LogP contribution in [0.1, 0.15) is 0 Å². The summed E-state index contributed by atoms with van der Waals surface area (Å²) in [4.78, 5) is 15.5. The van der Waals surface area contributed by atoms with Crippen molar-refractivity contribution in [3.63, 3.8) is 0 Å². The zero-order valence-electron chi connectivity index (χ0n) is 35.5. The minimum atomic E-state index is 0.590. The molecule has 3 aromatic heterocycles. The van der Waals surface area contributed by atoms with E-state index in [0.29, 0.717) is 17.5 Å². The van der Waals surface area contributed by atoms with E-state index in [1.165, 1.54) is 11.1 Å². The Kier molecular flexibility index (Phi) is 8.78. The maximum atomic E-state index is 6.56. The number of hydrogen-bond acceptors (Lipinski definition) is 5. The highest BCUT2D eigenvalue weighted by atomic mass is 16.3. The highest BCUT2D eigenvalue weighted by Crippen LogP contribution is 2.43. The first kappa shape index (κ1) is 37.6. The molecule has 0 amide bonds. The van der Waals surface area contributed by atoms with Crippen LogP contribution in [0, 0.1) is 0 Å². The van der Waals surface area contributed by atoms with E-state index in [-0.39, 0.29) is 0 Å². The second kappa shape index (κ2) is 15.4. The third-order valence-corrected chi connectivity index (χ3v) is 12.8. The molecule has 0 fully saturated rings. The Balaban J connectivity index is 0.931. The van der Waals surface area contributed by atoms with Gasteiger partial charge in [-0.25, -0.2) is 15.0 Å². The number of para-hydroxylation sites is 2. The smallest absolute Gasteiger partial charge is 0.164 e. The minimum Gasteiger partial charge on any atom is -0.456 e. The molecule has 13 aromatic rings. The van der Waals surface area contributed by atoms with Crippen LogP contribution in [0.25, 0.3) is 133 Å². The Morgan fingerprint density at radius 3 is 1.39 bits per heavy atom. The van der Waals surface area contributed by atoms with Gasteiger partial charge in [-0.05, 0) is 91.7 Å². The molecule has 0 unspecified atom stereocenters. The highest BCUT2D eigenvalue weighted by Gasteiger charge is 2.20. The SMILES string of the molecule is c1ccc(-c2cccc(-c3cc(-c4ccc(-c5cccc6c(-c7nc(-c8ccccc8)nc(-c8cccc9oc%10ccccc%10c89)n7)cccc56)cc4)c4c(c3)oc3ccccc34)c2)cc1. The zero-order chi connectivity index (χ0) is 43.6. The topological polar surface area (TPSA) is 65.0 Å². The van der Waals surface area contributed by atoms with E-state index in [1.807, 2.05) is 66.7 Å². The third-order valence-electron chi connectivity index (χ3n) is 12.8. The van der Waals surface area contributed by atoms with Crippen molar-refractivity contribution >= 4 is 54.6 Å². The predicted molar refractivity (Wildman–Crippen MR) is 270 cm³/mol. The van der Waals surface area contributed by atoms with Crippen LogP contribution in [0.15, 0.2) is 233 Å². The summed E-state index contributed by atoms with van der Waals surface area (Å²) in [7, 11) is 0. The summed E-state index contributed by atoms with van der Waals surface area (Å²) in [5, 5.41) is 6.38. The van der Waals surface area contributed by atoms with Crippen LogP contribution in [-0.4, -0.2) is 15.0 Å². The van der Waals surface area contributed by atoms with E-state index >= 15 is 0 Å². The second-order valence-corrected chi connectivity index (χ2v) is 16.7. The average Bonchev–Trinajstić information content (AvgIpc) is 3.97. The lowest BCUT2D eigenvalue weighted by Gasteiger charge is -2.13. The summed E-state index contributed by atoms with van der Waals surface area (Å²) in [5.41, 5.74) is 15.2. The van der Waals surface area contributed by atoms with Gasteiger partial charge < -0.3 is 8.83 Å². The van der Waals surface area contributed by atoms with Gasteiger partial charge >= 0.3 is 0 Å².